The second-order valence-electron chi connectivity index (χ2n) is 6.74. The summed E-state index contributed by atoms with van der Waals surface area (Å²) in [5, 5.41) is 9.64. The Bertz CT molecular complexity index is 786. The summed E-state index contributed by atoms with van der Waals surface area (Å²) >= 11 is 0. The van der Waals surface area contributed by atoms with Gasteiger partial charge in [0, 0.05) is 30.9 Å². The Morgan fingerprint density at radius 1 is 1.07 bits per heavy atom. The first-order valence-corrected chi connectivity index (χ1v) is 9.20. The largest absolute Gasteiger partial charge is 0.393 e. The summed E-state index contributed by atoms with van der Waals surface area (Å²) in [6.07, 6.45) is 0.799. The van der Waals surface area contributed by atoms with E-state index >= 15 is 0 Å². The van der Waals surface area contributed by atoms with Gasteiger partial charge in [-0.25, -0.2) is 0 Å². The number of anilines is 1. The highest BCUT2D eigenvalue weighted by Crippen LogP contribution is 2.19. The number of hydrogen-bond donors (Lipinski definition) is 2. The number of para-hydroxylation sites is 1. The molecule has 0 saturated carbocycles. The van der Waals surface area contributed by atoms with E-state index in [1.165, 1.54) is 4.90 Å². The average molecular weight is 367 g/mol. The zero-order valence-corrected chi connectivity index (χ0v) is 15.3. The maximum atomic E-state index is 13.2. The van der Waals surface area contributed by atoms with E-state index in [-0.39, 0.29) is 24.5 Å². The summed E-state index contributed by atoms with van der Waals surface area (Å²) in [5.41, 5.74) is 7.73. The summed E-state index contributed by atoms with van der Waals surface area (Å²) in [4.78, 5) is 29.2. The molecule has 2 amide bonds. The standard InChI is InChI=1S/C21H25N3O3/c22-14-16-5-4-6-17(13-16)21(27)24(18-7-2-1-3-8-18)15-20(26)23-11-9-19(25)10-12-23/h1-8,13,19,25H,9-12,14-15,22H2. The summed E-state index contributed by atoms with van der Waals surface area (Å²) in [5.74, 6) is -0.351. The third-order valence-electron chi connectivity index (χ3n) is 4.83. The molecule has 1 heterocycles. The first kappa shape index (κ1) is 19.1. The lowest BCUT2D eigenvalue weighted by atomic mass is 10.1. The molecule has 1 fully saturated rings. The smallest absolute Gasteiger partial charge is 0.258 e. The number of carbonyl (C=O) groups excluding carboxylic acids is 2. The predicted octanol–water partition coefficient (Wildman–Crippen LogP) is 1.78. The van der Waals surface area contributed by atoms with E-state index in [2.05, 4.69) is 0 Å². The minimum absolute atomic E-state index is 0.0359. The Balaban J connectivity index is 1.83. The molecule has 0 aromatic heterocycles. The molecule has 0 aliphatic carbocycles. The molecule has 6 heteroatoms. The van der Waals surface area contributed by atoms with Crippen LogP contribution in [0.1, 0.15) is 28.8 Å². The molecule has 0 bridgehead atoms. The number of hydrogen-bond acceptors (Lipinski definition) is 4. The third kappa shape index (κ3) is 4.72. The minimum Gasteiger partial charge on any atom is -0.393 e. The van der Waals surface area contributed by atoms with Crippen LogP contribution >= 0.6 is 0 Å². The van der Waals surface area contributed by atoms with Gasteiger partial charge in [0.25, 0.3) is 5.91 Å². The molecule has 0 radical (unpaired) electrons. The van der Waals surface area contributed by atoms with Crippen molar-refractivity contribution >= 4 is 17.5 Å². The number of carbonyl (C=O) groups is 2. The number of aliphatic hydroxyl groups is 1. The van der Waals surface area contributed by atoms with Crippen molar-refractivity contribution in [3.05, 3.63) is 65.7 Å². The van der Waals surface area contributed by atoms with Gasteiger partial charge in [-0.3, -0.25) is 14.5 Å². The highest BCUT2D eigenvalue weighted by Gasteiger charge is 2.26. The van der Waals surface area contributed by atoms with Crippen molar-refractivity contribution in [2.45, 2.75) is 25.5 Å². The summed E-state index contributed by atoms with van der Waals surface area (Å²) in [6.45, 7) is 1.34. The fraction of sp³-hybridized carbons (Fsp3) is 0.333. The van der Waals surface area contributed by atoms with Gasteiger partial charge in [0.05, 0.1) is 6.10 Å². The van der Waals surface area contributed by atoms with E-state index in [1.54, 1.807) is 23.1 Å². The molecule has 3 rings (SSSR count). The average Bonchev–Trinajstić information content (AvgIpc) is 2.72. The van der Waals surface area contributed by atoms with E-state index in [0.29, 0.717) is 43.7 Å². The van der Waals surface area contributed by atoms with E-state index in [0.717, 1.165) is 5.56 Å². The number of likely N-dealkylation sites (tertiary alicyclic amines) is 1. The second-order valence-corrected chi connectivity index (χ2v) is 6.74. The summed E-state index contributed by atoms with van der Waals surface area (Å²) in [6, 6.07) is 16.4. The van der Waals surface area contributed by atoms with Crippen molar-refractivity contribution < 1.29 is 14.7 Å². The van der Waals surface area contributed by atoms with Crippen LogP contribution in [0.25, 0.3) is 0 Å². The highest BCUT2D eigenvalue weighted by molar-refractivity contribution is 6.08. The van der Waals surface area contributed by atoms with E-state index in [4.69, 9.17) is 5.73 Å². The monoisotopic (exact) mass is 367 g/mol. The molecule has 0 unspecified atom stereocenters. The van der Waals surface area contributed by atoms with E-state index in [9.17, 15) is 14.7 Å². The fourth-order valence-electron chi connectivity index (χ4n) is 3.23. The molecule has 1 aliphatic heterocycles. The number of aliphatic hydroxyl groups excluding tert-OH is 1. The van der Waals surface area contributed by atoms with Gasteiger partial charge in [-0.1, -0.05) is 30.3 Å². The van der Waals surface area contributed by atoms with Crippen molar-refractivity contribution in [2.75, 3.05) is 24.5 Å². The zero-order chi connectivity index (χ0) is 19.2. The molecular formula is C21H25N3O3. The number of benzene rings is 2. The zero-order valence-electron chi connectivity index (χ0n) is 15.3. The van der Waals surface area contributed by atoms with Crippen molar-refractivity contribution in [1.29, 1.82) is 0 Å². The SMILES string of the molecule is NCc1cccc(C(=O)N(CC(=O)N2CCC(O)CC2)c2ccccc2)c1. The van der Waals surface area contributed by atoms with Gasteiger partial charge in [0.1, 0.15) is 6.54 Å². The van der Waals surface area contributed by atoms with Crippen LogP contribution in [0, 0.1) is 0 Å². The Hall–Kier alpha value is -2.70. The van der Waals surface area contributed by atoms with Crippen molar-refractivity contribution in [2.24, 2.45) is 5.73 Å². The van der Waals surface area contributed by atoms with Crippen LogP contribution in [0.5, 0.6) is 0 Å². The van der Waals surface area contributed by atoms with Gasteiger partial charge in [-0.2, -0.15) is 0 Å². The van der Waals surface area contributed by atoms with Gasteiger partial charge in [0.2, 0.25) is 5.91 Å². The molecule has 27 heavy (non-hydrogen) atoms. The highest BCUT2D eigenvalue weighted by atomic mass is 16.3. The number of rotatable bonds is 5. The quantitative estimate of drug-likeness (QED) is 0.843. The topological polar surface area (TPSA) is 86.9 Å². The first-order chi connectivity index (χ1) is 13.1. The van der Waals surface area contributed by atoms with Gasteiger partial charge < -0.3 is 15.7 Å². The van der Waals surface area contributed by atoms with Crippen molar-refractivity contribution in [3.63, 3.8) is 0 Å². The Morgan fingerprint density at radius 3 is 2.44 bits per heavy atom. The van der Waals surface area contributed by atoms with Gasteiger partial charge in [-0.05, 0) is 42.7 Å². The van der Waals surface area contributed by atoms with E-state index < -0.39 is 0 Å². The third-order valence-corrected chi connectivity index (χ3v) is 4.83. The summed E-state index contributed by atoms with van der Waals surface area (Å²) in [7, 11) is 0. The van der Waals surface area contributed by atoms with Crippen molar-refractivity contribution in [3.8, 4) is 0 Å². The van der Waals surface area contributed by atoms with Gasteiger partial charge >= 0.3 is 0 Å². The van der Waals surface area contributed by atoms with Crippen LogP contribution in [-0.4, -0.2) is 47.6 Å². The van der Waals surface area contributed by atoms with Crippen LogP contribution in [0.4, 0.5) is 5.69 Å². The van der Waals surface area contributed by atoms with Gasteiger partial charge in [-0.15, -0.1) is 0 Å². The molecule has 6 nitrogen and oxygen atoms in total. The fourth-order valence-corrected chi connectivity index (χ4v) is 3.23. The number of nitrogens with two attached hydrogens (primary N) is 1. The lowest BCUT2D eigenvalue weighted by Crippen LogP contribution is -2.46. The maximum absolute atomic E-state index is 13.2. The van der Waals surface area contributed by atoms with Gasteiger partial charge in [0.15, 0.2) is 0 Å². The van der Waals surface area contributed by atoms with Crippen LogP contribution < -0.4 is 10.6 Å². The lowest BCUT2D eigenvalue weighted by Gasteiger charge is -2.32. The molecular weight excluding hydrogens is 342 g/mol. The van der Waals surface area contributed by atoms with Crippen LogP contribution in [0.2, 0.25) is 0 Å². The predicted molar refractivity (Wildman–Crippen MR) is 104 cm³/mol. The Kier molecular flexibility index (Phi) is 6.21. The van der Waals surface area contributed by atoms with Crippen LogP contribution in [-0.2, 0) is 11.3 Å². The molecule has 1 saturated heterocycles. The Labute approximate surface area is 159 Å². The molecule has 142 valence electrons. The number of nitrogens with zero attached hydrogens (tertiary/aromatic N) is 2. The first-order valence-electron chi connectivity index (χ1n) is 9.20. The number of amides is 2. The molecule has 0 atom stereocenters. The lowest BCUT2D eigenvalue weighted by molar-refractivity contribution is -0.131. The molecule has 1 aliphatic rings. The minimum atomic E-state index is -0.347. The van der Waals surface area contributed by atoms with Crippen LogP contribution in [0.3, 0.4) is 0 Å². The molecule has 0 spiro atoms. The Morgan fingerprint density at radius 2 is 1.78 bits per heavy atom. The van der Waals surface area contributed by atoms with E-state index in [1.807, 2.05) is 36.4 Å². The number of piperidine rings is 1. The molecule has 2 aromatic rings. The maximum Gasteiger partial charge on any atom is 0.258 e. The molecule has 3 N–H and O–H groups in total. The second kappa shape index (κ2) is 8.79. The normalized spacial score (nSPS) is 14.8. The van der Waals surface area contributed by atoms with Crippen LogP contribution in [0.15, 0.2) is 54.6 Å². The van der Waals surface area contributed by atoms with Crippen molar-refractivity contribution in [1.82, 2.24) is 4.90 Å². The molecule has 2 aromatic carbocycles. The summed E-state index contributed by atoms with van der Waals surface area (Å²) < 4.78 is 0.